The van der Waals surface area contributed by atoms with Gasteiger partial charge < -0.3 is 14.8 Å². The topological polar surface area (TPSA) is 123 Å². The molecule has 8 heteroatoms. The van der Waals surface area contributed by atoms with Gasteiger partial charge in [0.25, 0.3) is 5.91 Å². The van der Waals surface area contributed by atoms with E-state index in [-0.39, 0.29) is 17.9 Å². The third-order valence-electron chi connectivity index (χ3n) is 6.22. The van der Waals surface area contributed by atoms with Gasteiger partial charge >= 0.3 is 5.69 Å². The molecule has 1 unspecified atom stereocenters. The fourth-order valence-electron chi connectivity index (χ4n) is 4.09. The maximum absolute atomic E-state index is 12.8. The van der Waals surface area contributed by atoms with Crippen molar-refractivity contribution in [3.8, 4) is 16.9 Å². The first-order valence-electron chi connectivity index (χ1n) is 11.7. The Bertz CT molecular complexity index is 1440. The SMILES string of the molecule is Cc1ccc(C(C)Cc2ccc(-c3ccoc3C(=O)CNC(=O)c3ccc(O)c([N+](=O)[O-])c3)cc2)cc1. The predicted octanol–water partition coefficient (Wildman–Crippen LogP) is 5.83. The van der Waals surface area contributed by atoms with Gasteiger partial charge in [0.15, 0.2) is 11.5 Å². The molecular formula is C29H26N2O6. The zero-order chi connectivity index (χ0) is 26.5. The van der Waals surface area contributed by atoms with Gasteiger partial charge in [0.1, 0.15) is 0 Å². The third kappa shape index (κ3) is 5.92. The molecule has 0 bridgehead atoms. The number of aryl methyl sites for hydroxylation is 1. The van der Waals surface area contributed by atoms with Crippen molar-refractivity contribution < 1.29 is 24.0 Å². The molecule has 0 fully saturated rings. The van der Waals surface area contributed by atoms with E-state index in [1.807, 2.05) is 24.3 Å². The standard InChI is InChI=1S/C29H26N2O6/c1-18-3-7-21(8-4-18)19(2)15-20-5-9-22(10-6-20)24-13-14-37-28(24)27(33)17-30-29(34)23-11-12-26(32)25(16-23)31(35)36/h3-14,16,19,32H,15,17H2,1-2H3,(H,30,34). The minimum Gasteiger partial charge on any atom is -0.502 e. The number of hydrogen-bond donors (Lipinski definition) is 2. The number of nitro groups is 1. The summed E-state index contributed by atoms with van der Waals surface area (Å²) < 4.78 is 5.42. The summed E-state index contributed by atoms with van der Waals surface area (Å²) in [6.45, 7) is 3.90. The van der Waals surface area contributed by atoms with E-state index >= 15 is 0 Å². The number of nitrogens with zero attached hydrogens (tertiary/aromatic N) is 1. The van der Waals surface area contributed by atoms with Gasteiger partial charge in [-0.25, -0.2) is 0 Å². The molecule has 0 saturated heterocycles. The number of Topliss-reactive ketones (excluding diaryl/α,β-unsaturated/α-hetero) is 1. The summed E-state index contributed by atoms with van der Waals surface area (Å²) in [6.07, 6.45) is 2.29. The number of nitro benzene ring substituents is 1. The molecule has 3 aromatic carbocycles. The lowest BCUT2D eigenvalue weighted by Crippen LogP contribution is -2.29. The molecule has 1 amide bonds. The molecule has 4 aromatic rings. The van der Waals surface area contributed by atoms with Crippen molar-refractivity contribution in [3.63, 3.8) is 0 Å². The molecule has 0 spiro atoms. The van der Waals surface area contributed by atoms with E-state index < -0.39 is 28.1 Å². The van der Waals surface area contributed by atoms with Crippen LogP contribution in [0.1, 0.15) is 50.4 Å². The van der Waals surface area contributed by atoms with Crippen molar-refractivity contribution >= 4 is 17.4 Å². The van der Waals surface area contributed by atoms with Crippen LogP contribution in [-0.2, 0) is 6.42 Å². The molecule has 0 aliphatic heterocycles. The number of carbonyl (C=O) groups excluding carboxylic acids is 2. The molecule has 188 valence electrons. The molecule has 0 radical (unpaired) electrons. The number of hydrogen-bond acceptors (Lipinski definition) is 6. The number of furan rings is 1. The molecule has 2 N–H and O–H groups in total. The minimum absolute atomic E-state index is 0.0487. The Morgan fingerprint density at radius 3 is 2.41 bits per heavy atom. The second-order valence-electron chi connectivity index (χ2n) is 8.94. The summed E-state index contributed by atoms with van der Waals surface area (Å²) >= 11 is 0. The van der Waals surface area contributed by atoms with Gasteiger partial charge in [-0.2, -0.15) is 0 Å². The highest BCUT2D eigenvalue weighted by atomic mass is 16.6. The summed E-state index contributed by atoms with van der Waals surface area (Å²) in [5.41, 5.74) is 4.46. The van der Waals surface area contributed by atoms with Gasteiger partial charge in [-0.05, 0) is 54.2 Å². The fraction of sp³-hybridized carbons (Fsp3) is 0.172. The van der Waals surface area contributed by atoms with E-state index in [1.165, 1.54) is 29.0 Å². The first kappa shape index (κ1) is 25.4. The van der Waals surface area contributed by atoms with Gasteiger partial charge in [0.05, 0.1) is 17.7 Å². The number of phenolic OH excluding ortho intramolecular Hbond substituents is 1. The van der Waals surface area contributed by atoms with Crippen LogP contribution in [0, 0.1) is 17.0 Å². The Morgan fingerprint density at radius 2 is 1.73 bits per heavy atom. The monoisotopic (exact) mass is 498 g/mol. The van der Waals surface area contributed by atoms with Crippen LogP contribution in [0.25, 0.3) is 11.1 Å². The average molecular weight is 499 g/mol. The molecule has 0 saturated carbocycles. The van der Waals surface area contributed by atoms with Gasteiger partial charge in [-0.1, -0.05) is 61.0 Å². The summed E-state index contributed by atoms with van der Waals surface area (Å²) in [4.78, 5) is 35.4. The highest BCUT2D eigenvalue weighted by Crippen LogP contribution is 2.28. The molecule has 8 nitrogen and oxygen atoms in total. The predicted molar refractivity (Wildman–Crippen MR) is 139 cm³/mol. The first-order valence-corrected chi connectivity index (χ1v) is 11.7. The van der Waals surface area contributed by atoms with Crippen molar-refractivity contribution in [3.05, 3.63) is 117 Å². The zero-order valence-electron chi connectivity index (χ0n) is 20.4. The van der Waals surface area contributed by atoms with Crippen LogP contribution in [0.2, 0.25) is 0 Å². The highest BCUT2D eigenvalue weighted by molar-refractivity contribution is 6.04. The number of amides is 1. The molecule has 0 aliphatic carbocycles. The van der Waals surface area contributed by atoms with Crippen molar-refractivity contribution in [2.24, 2.45) is 0 Å². The number of benzene rings is 3. The van der Waals surface area contributed by atoms with Crippen molar-refractivity contribution in [2.75, 3.05) is 6.54 Å². The number of carbonyl (C=O) groups is 2. The first-order chi connectivity index (χ1) is 17.7. The molecule has 1 aromatic heterocycles. The van der Waals surface area contributed by atoms with Crippen molar-refractivity contribution in [1.29, 1.82) is 0 Å². The zero-order valence-corrected chi connectivity index (χ0v) is 20.4. The number of aromatic hydroxyl groups is 1. The van der Waals surface area contributed by atoms with Crippen molar-refractivity contribution in [2.45, 2.75) is 26.2 Å². The number of ketones is 1. The van der Waals surface area contributed by atoms with Crippen LogP contribution >= 0.6 is 0 Å². The Balaban J connectivity index is 1.41. The number of nitrogens with one attached hydrogen (secondary N) is 1. The highest BCUT2D eigenvalue weighted by Gasteiger charge is 2.20. The smallest absolute Gasteiger partial charge is 0.311 e. The molecule has 1 heterocycles. The normalized spacial score (nSPS) is 11.6. The Kier molecular flexibility index (Phi) is 7.48. The van der Waals surface area contributed by atoms with Gasteiger partial charge in [0.2, 0.25) is 5.78 Å². The number of rotatable bonds is 9. The van der Waals surface area contributed by atoms with E-state index in [0.29, 0.717) is 11.5 Å². The maximum atomic E-state index is 12.8. The Labute approximate surface area is 213 Å². The average Bonchev–Trinajstić information content (AvgIpc) is 3.38. The van der Waals surface area contributed by atoms with Crippen molar-refractivity contribution in [1.82, 2.24) is 5.32 Å². The third-order valence-corrected chi connectivity index (χ3v) is 6.22. The van der Waals surface area contributed by atoms with Crippen LogP contribution in [0.5, 0.6) is 5.75 Å². The van der Waals surface area contributed by atoms with Crippen LogP contribution in [0.3, 0.4) is 0 Å². The Morgan fingerprint density at radius 1 is 1.03 bits per heavy atom. The van der Waals surface area contributed by atoms with E-state index in [4.69, 9.17) is 4.42 Å². The lowest BCUT2D eigenvalue weighted by atomic mass is 9.92. The van der Waals surface area contributed by atoms with Crippen LogP contribution in [0.4, 0.5) is 5.69 Å². The quantitative estimate of drug-likeness (QED) is 0.170. The van der Waals surface area contributed by atoms with E-state index in [2.05, 4.69) is 43.4 Å². The van der Waals surface area contributed by atoms with Crippen LogP contribution in [0.15, 0.2) is 83.5 Å². The second kappa shape index (κ2) is 10.9. The minimum atomic E-state index is -0.791. The van der Waals surface area contributed by atoms with E-state index in [0.717, 1.165) is 24.1 Å². The largest absolute Gasteiger partial charge is 0.502 e. The second-order valence-corrected chi connectivity index (χ2v) is 8.94. The molecule has 0 aliphatic rings. The van der Waals surface area contributed by atoms with E-state index in [9.17, 15) is 24.8 Å². The summed E-state index contributed by atoms with van der Waals surface area (Å²) in [5.74, 6) is -1.21. The summed E-state index contributed by atoms with van der Waals surface area (Å²) in [6, 6.07) is 21.4. The van der Waals surface area contributed by atoms with Crippen LogP contribution in [-0.4, -0.2) is 28.3 Å². The van der Waals surface area contributed by atoms with Gasteiger partial charge in [-0.3, -0.25) is 19.7 Å². The summed E-state index contributed by atoms with van der Waals surface area (Å²) in [5, 5.41) is 23.0. The maximum Gasteiger partial charge on any atom is 0.311 e. The Hall–Kier alpha value is -4.72. The van der Waals surface area contributed by atoms with Gasteiger partial charge in [0, 0.05) is 17.2 Å². The lowest BCUT2D eigenvalue weighted by molar-refractivity contribution is -0.385. The molecule has 37 heavy (non-hydrogen) atoms. The molecular weight excluding hydrogens is 472 g/mol. The fourth-order valence-corrected chi connectivity index (χ4v) is 4.09. The molecule has 4 rings (SSSR count). The van der Waals surface area contributed by atoms with Crippen LogP contribution < -0.4 is 5.32 Å². The summed E-state index contributed by atoms with van der Waals surface area (Å²) in [7, 11) is 0. The van der Waals surface area contributed by atoms with Gasteiger partial charge in [-0.15, -0.1) is 0 Å². The lowest BCUT2D eigenvalue weighted by Gasteiger charge is -2.13. The number of phenols is 1. The molecule has 1 atom stereocenters. The van der Waals surface area contributed by atoms with E-state index in [1.54, 1.807) is 6.07 Å².